The van der Waals surface area contributed by atoms with Gasteiger partial charge >= 0.3 is 0 Å². The van der Waals surface area contributed by atoms with E-state index in [9.17, 15) is 5.11 Å². The minimum Gasteiger partial charge on any atom is -0.393 e. The number of hydrogen-bond donors (Lipinski definition) is 2. The first-order chi connectivity index (χ1) is 11.4. The molecule has 3 heteroatoms. The Morgan fingerprint density at radius 3 is 2.75 bits per heavy atom. The van der Waals surface area contributed by atoms with E-state index in [-0.39, 0.29) is 6.10 Å². The number of nitrogens with zero attached hydrogens (tertiary/aromatic N) is 1. The van der Waals surface area contributed by atoms with Crippen LogP contribution < -0.4 is 0 Å². The molecule has 4 aliphatic rings. The van der Waals surface area contributed by atoms with Gasteiger partial charge in [-0.25, -0.2) is 0 Å². The minimum atomic E-state index is -0.103. The molecular formula is C21H30N2O. The van der Waals surface area contributed by atoms with Crippen molar-refractivity contribution in [2.75, 3.05) is 0 Å². The second-order valence-electron chi connectivity index (χ2n) is 9.49. The molecule has 0 bridgehead atoms. The zero-order valence-electron chi connectivity index (χ0n) is 15.2. The molecule has 5 rings (SSSR count). The summed E-state index contributed by atoms with van der Waals surface area (Å²) in [6.45, 7) is 7.21. The molecule has 2 fully saturated rings. The number of allylic oxidation sites excluding steroid dienone is 1. The lowest BCUT2D eigenvalue weighted by Gasteiger charge is -2.57. The van der Waals surface area contributed by atoms with Crippen LogP contribution in [0.5, 0.6) is 0 Å². The van der Waals surface area contributed by atoms with Crippen LogP contribution >= 0.6 is 0 Å². The molecule has 4 aliphatic carbocycles. The van der Waals surface area contributed by atoms with Crippen molar-refractivity contribution < 1.29 is 5.11 Å². The van der Waals surface area contributed by atoms with Crippen molar-refractivity contribution in [2.45, 2.75) is 77.2 Å². The smallest absolute Gasteiger partial charge is 0.0665 e. The molecule has 1 aromatic rings. The molecule has 6 atom stereocenters. The van der Waals surface area contributed by atoms with E-state index in [0.29, 0.717) is 10.8 Å². The average molecular weight is 326 g/mol. The van der Waals surface area contributed by atoms with Crippen LogP contribution in [0.2, 0.25) is 0 Å². The molecule has 4 unspecified atom stereocenters. The van der Waals surface area contributed by atoms with Crippen LogP contribution in [-0.2, 0) is 11.8 Å². The van der Waals surface area contributed by atoms with Gasteiger partial charge in [0.1, 0.15) is 0 Å². The fourth-order valence-electron chi connectivity index (χ4n) is 7.24. The summed E-state index contributed by atoms with van der Waals surface area (Å²) < 4.78 is 0. The van der Waals surface area contributed by atoms with E-state index in [1.54, 1.807) is 11.1 Å². The van der Waals surface area contributed by atoms with Crippen LogP contribution in [0, 0.1) is 30.1 Å². The first kappa shape index (κ1) is 15.2. The Balaban J connectivity index is 1.54. The number of aromatic nitrogens is 2. The van der Waals surface area contributed by atoms with E-state index in [2.05, 4.69) is 37.0 Å². The lowest BCUT2D eigenvalue weighted by atomic mass is 9.47. The van der Waals surface area contributed by atoms with Crippen molar-refractivity contribution in [3.8, 4) is 0 Å². The number of H-pyrrole nitrogens is 1. The molecule has 24 heavy (non-hydrogen) atoms. The van der Waals surface area contributed by atoms with Gasteiger partial charge in [-0.1, -0.05) is 25.5 Å². The van der Waals surface area contributed by atoms with Crippen molar-refractivity contribution in [1.82, 2.24) is 10.2 Å². The summed E-state index contributed by atoms with van der Waals surface area (Å²) in [5.74, 6) is 2.35. The minimum absolute atomic E-state index is 0.103. The molecule has 0 aromatic carbocycles. The molecule has 1 aromatic heterocycles. The van der Waals surface area contributed by atoms with Gasteiger partial charge in [0.15, 0.2) is 0 Å². The molecule has 0 amide bonds. The predicted octanol–water partition coefficient (Wildman–Crippen LogP) is 4.06. The third kappa shape index (κ3) is 1.75. The highest BCUT2D eigenvalue weighted by molar-refractivity contribution is 5.41. The van der Waals surface area contributed by atoms with Crippen molar-refractivity contribution in [3.63, 3.8) is 0 Å². The van der Waals surface area contributed by atoms with E-state index in [1.165, 1.54) is 43.5 Å². The highest BCUT2D eigenvalue weighted by atomic mass is 16.3. The van der Waals surface area contributed by atoms with Crippen molar-refractivity contribution in [3.05, 3.63) is 28.6 Å². The molecule has 0 radical (unpaired) electrons. The normalized spacial score (nSPS) is 46.6. The third-order valence-electron chi connectivity index (χ3n) is 8.47. The molecule has 1 heterocycles. The summed E-state index contributed by atoms with van der Waals surface area (Å²) in [7, 11) is 0. The average Bonchev–Trinajstić information content (AvgIpc) is 3.06. The standard InChI is InChI=1S/C21H30N2O/c1-12-19-18(23-22-12)11-17-15-5-4-13-10-14(24)6-8-20(13,2)16(15)7-9-21(17,19)3/h4,14-17,24H,5-11H2,1-3H3,(H,22,23)/t14?,15?,16?,17?,20-,21+/m1/s1. The largest absolute Gasteiger partial charge is 0.393 e. The summed E-state index contributed by atoms with van der Waals surface area (Å²) in [6.07, 6.45) is 10.5. The van der Waals surface area contributed by atoms with Crippen molar-refractivity contribution in [1.29, 1.82) is 0 Å². The quantitative estimate of drug-likeness (QED) is 0.707. The number of hydrogen-bond acceptors (Lipinski definition) is 2. The van der Waals surface area contributed by atoms with Crippen molar-refractivity contribution in [2.24, 2.45) is 23.2 Å². The lowest BCUT2D eigenvalue weighted by molar-refractivity contribution is -0.0166. The van der Waals surface area contributed by atoms with E-state index in [1.807, 2.05) is 0 Å². The van der Waals surface area contributed by atoms with Crippen molar-refractivity contribution >= 4 is 0 Å². The molecular weight excluding hydrogens is 296 g/mol. The Kier molecular flexibility index (Phi) is 3.01. The van der Waals surface area contributed by atoms with Crippen LogP contribution in [0.15, 0.2) is 11.6 Å². The van der Waals surface area contributed by atoms with E-state index >= 15 is 0 Å². The fraction of sp³-hybridized carbons (Fsp3) is 0.762. The lowest BCUT2D eigenvalue weighted by Crippen LogP contribution is -2.51. The van der Waals surface area contributed by atoms with Crippen LogP contribution in [0.3, 0.4) is 0 Å². The van der Waals surface area contributed by atoms with Crippen LogP contribution in [0.25, 0.3) is 0 Å². The van der Waals surface area contributed by atoms with Crippen LogP contribution in [-0.4, -0.2) is 21.4 Å². The topological polar surface area (TPSA) is 48.9 Å². The van der Waals surface area contributed by atoms with E-state index < -0.39 is 0 Å². The summed E-state index contributed by atoms with van der Waals surface area (Å²) in [6, 6.07) is 0. The molecule has 130 valence electrons. The maximum atomic E-state index is 10.1. The fourth-order valence-corrected chi connectivity index (χ4v) is 7.24. The SMILES string of the molecule is Cc1[nH]nc2c1[C@@]1(C)CCC3C(CC=C4CC(O)CC[C@]43C)C1C2. The Morgan fingerprint density at radius 2 is 1.92 bits per heavy atom. The number of fused-ring (bicyclic) bond motifs is 7. The van der Waals surface area contributed by atoms with Gasteiger partial charge in [-0.05, 0) is 80.5 Å². The zero-order chi connectivity index (χ0) is 16.7. The maximum absolute atomic E-state index is 10.1. The summed E-state index contributed by atoms with van der Waals surface area (Å²) in [5.41, 5.74) is 6.42. The molecule has 0 aliphatic heterocycles. The van der Waals surface area contributed by atoms with E-state index in [0.717, 1.165) is 30.6 Å². The molecule has 2 saturated carbocycles. The van der Waals surface area contributed by atoms with Gasteiger partial charge in [-0.15, -0.1) is 0 Å². The van der Waals surface area contributed by atoms with Gasteiger partial charge in [-0.2, -0.15) is 5.10 Å². The van der Waals surface area contributed by atoms with Gasteiger partial charge < -0.3 is 5.11 Å². The number of aliphatic hydroxyl groups is 1. The van der Waals surface area contributed by atoms with Crippen LogP contribution in [0.4, 0.5) is 0 Å². The molecule has 2 N–H and O–H groups in total. The number of rotatable bonds is 0. The summed E-state index contributed by atoms with van der Waals surface area (Å²) >= 11 is 0. The number of aromatic amines is 1. The Labute approximate surface area is 144 Å². The van der Waals surface area contributed by atoms with Gasteiger partial charge in [0.05, 0.1) is 11.8 Å². The summed E-state index contributed by atoms with van der Waals surface area (Å²) in [4.78, 5) is 0. The Bertz CT molecular complexity index is 719. The molecule has 0 saturated heterocycles. The van der Waals surface area contributed by atoms with Crippen LogP contribution in [0.1, 0.15) is 69.3 Å². The third-order valence-corrected chi connectivity index (χ3v) is 8.47. The Hall–Kier alpha value is -1.09. The zero-order valence-corrected chi connectivity index (χ0v) is 15.2. The number of aryl methyl sites for hydroxylation is 1. The molecule has 0 spiro atoms. The first-order valence-corrected chi connectivity index (χ1v) is 9.85. The Morgan fingerprint density at radius 1 is 1.12 bits per heavy atom. The maximum Gasteiger partial charge on any atom is 0.0665 e. The first-order valence-electron chi connectivity index (χ1n) is 9.85. The predicted molar refractivity (Wildman–Crippen MR) is 94.7 cm³/mol. The van der Waals surface area contributed by atoms with Gasteiger partial charge in [0.25, 0.3) is 0 Å². The highest BCUT2D eigenvalue weighted by Gasteiger charge is 2.58. The molecule has 3 nitrogen and oxygen atoms in total. The number of aliphatic hydroxyl groups excluding tert-OH is 1. The summed E-state index contributed by atoms with van der Waals surface area (Å²) in [5, 5.41) is 18.0. The number of nitrogens with one attached hydrogen (secondary N) is 1. The van der Waals surface area contributed by atoms with Gasteiger partial charge in [-0.3, -0.25) is 5.10 Å². The van der Waals surface area contributed by atoms with E-state index in [4.69, 9.17) is 0 Å². The van der Waals surface area contributed by atoms with Gasteiger partial charge in [0.2, 0.25) is 0 Å². The highest BCUT2D eigenvalue weighted by Crippen LogP contribution is 2.64. The second-order valence-corrected chi connectivity index (χ2v) is 9.49. The monoisotopic (exact) mass is 326 g/mol. The second kappa shape index (κ2) is 4.75. The van der Waals surface area contributed by atoms with Gasteiger partial charge in [0, 0.05) is 11.3 Å².